The van der Waals surface area contributed by atoms with Crippen LogP contribution in [-0.4, -0.2) is 23.8 Å². The summed E-state index contributed by atoms with van der Waals surface area (Å²) in [4.78, 5) is 12.5. The molecule has 1 aromatic carbocycles. The third kappa shape index (κ3) is 4.10. The number of rotatable bonds is 5. The number of Topliss-reactive ketones (excluding diaryl/α,β-unsaturated/α-hetero) is 1. The van der Waals surface area contributed by atoms with E-state index in [0.29, 0.717) is 34.2 Å². The molecule has 130 valence electrons. The number of hydrogen-bond donors (Lipinski definition) is 0. The number of benzene rings is 1. The number of nitrogens with zero attached hydrogens (tertiary/aromatic N) is 1. The lowest BCUT2D eigenvalue weighted by atomic mass is 10.0. The summed E-state index contributed by atoms with van der Waals surface area (Å²) in [5.74, 6) is 5.09. The van der Waals surface area contributed by atoms with E-state index in [1.807, 2.05) is 6.07 Å². The molecule has 25 heavy (non-hydrogen) atoms. The van der Waals surface area contributed by atoms with Gasteiger partial charge in [-0.25, -0.2) is 0 Å². The van der Waals surface area contributed by atoms with E-state index in [2.05, 4.69) is 17.0 Å². The maximum Gasteiger partial charge on any atom is 0.241 e. The topological polar surface area (TPSA) is 61.6 Å². The first-order chi connectivity index (χ1) is 12.2. The molecule has 6 heteroatoms. The maximum atomic E-state index is 12.5. The number of halogens is 1. The van der Waals surface area contributed by atoms with Crippen LogP contribution in [0.1, 0.15) is 42.2 Å². The van der Waals surface area contributed by atoms with Crippen LogP contribution in [0.15, 0.2) is 28.8 Å². The molecule has 0 saturated carbocycles. The average Bonchev–Trinajstić information content (AvgIpc) is 3.05. The van der Waals surface area contributed by atoms with Crippen LogP contribution in [-0.2, 0) is 16.1 Å². The first kappa shape index (κ1) is 17.7. The molecule has 0 spiro atoms. The summed E-state index contributed by atoms with van der Waals surface area (Å²) >= 11 is 6.23. The van der Waals surface area contributed by atoms with Crippen molar-refractivity contribution in [2.75, 3.05) is 6.61 Å². The smallest absolute Gasteiger partial charge is 0.241 e. The van der Waals surface area contributed by atoms with Gasteiger partial charge in [-0.2, -0.15) is 0 Å². The molecule has 1 saturated heterocycles. The minimum Gasteiger partial charge on any atom is -0.355 e. The van der Waals surface area contributed by atoms with E-state index in [-0.39, 0.29) is 18.7 Å². The first-order valence-corrected chi connectivity index (χ1v) is 8.52. The van der Waals surface area contributed by atoms with Gasteiger partial charge in [0, 0.05) is 12.2 Å². The highest BCUT2D eigenvalue weighted by atomic mass is 35.5. The maximum absolute atomic E-state index is 12.5. The molecule has 2 aromatic rings. The Morgan fingerprint density at radius 3 is 2.96 bits per heavy atom. The number of hydrogen-bond acceptors (Lipinski definition) is 5. The van der Waals surface area contributed by atoms with Gasteiger partial charge in [-0.05, 0) is 44.2 Å². The largest absolute Gasteiger partial charge is 0.355 e. The Morgan fingerprint density at radius 2 is 2.24 bits per heavy atom. The highest BCUT2D eigenvalue weighted by Gasteiger charge is 2.25. The summed E-state index contributed by atoms with van der Waals surface area (Å²) in [6.07, 6.45) is 2.64. The predicted molar refractivity (Wildman–Crippen MR) is 93.1 cm³/mol. The van der Waals surface area contributed by atoms with Gasteiger partial charge in [-0.15, -0.1) is 0 Å². The van der Waals surface area contributed by atoms with Crippen LogP contribution in [0, 0.1) is 11.8 Å². The van der Waals surface area contributed by atoms with E-state index in [9.17, 15) is 4.79 Å². The Bertz CT molecular complexity index is 812. The quantitative estimate of drug-likeness (QED) is 0.454. The normalized spacial score (nSPS) is 17.0. The molecular weight excluding hydrogens is 342 g/mol. The summed E-state index contributed by atoms with van der Waals surface area (Å²) < 4.78 is 16.7. The Labute approximate surface area is 151 Å². The minimum atomic E-state index is -0.373. The second kappa shape index (κ2) is 8.30. The lowest BCUT2D eigenvalue weighted by molar-refractivity contribution is -0.169. The van der Waals surface area contributed by atoms with Crippen molar-refractivity contribution in [2.45, 2.75) is 39.1 Å². The second-order valence-electron chi connectivity index (χ2n) is 5.62. The van der Waals surface area contributed by atoms with Gasteiger partial charge in [0.1, 0.15) is 11.3 Å². The standard InChI is InChI=1S/C19H18ClNO4/c1-2-7-16(22)18-15(12-24-17-10-5-6-11-23-17)21-25-19(18)13-8-3-4-9-14(13)20/h3-4,8-9,17H,5-6,10-12H2,1H3. The van der Waals surface area contributed by atoms with Gasteiger partial charge in [0.15, 0.2) is 12.1 Å². The molecule has 1 aliphatic heterocycles. The van der Waals surface area contributed by atoms with Crippen LogP contribution in [0.3, 0.4) is 0 Å². The van der Waals surface area contributed by atoms with Gasteiger partial charge in [-0.1, -0.05) is 34.8 Å². The van der Waals surface area contributed by atoms with Crippen molar-refractivity contribution in [1.29, 1.82) is 0 Å². The fourth-order valence-corrected chi connectivity index (χ4v) is 2.90. The summed E-state index contributed by atoms with van der Waals surface area (Å²) in [5, 5.41) is 4.49. The number of aromatic nitrogens is 1. The van der Waals surface area contributed by atoms with Crippen molar-refractivity contribution in [3.05, 3.63) is 40.5 Å². The Kier molecular flexibility index (Phi) is 5.87. The summed E-state index contributed by atoms with van der Waals surface area (Å²) in [6, 6.07) is 7.12. The Hall–Kier alpha value is -2.13. The molecule has 1 aromatic heterocycles. The molecule has 3 rings (SSSR count). The van der Waals surface area contributed by atoms with Gasteiger partial charge >= 0.3 is 0 Å². The van der Waals surface area contributed by atoms with Crippen LogP contribution >= 0.6 is 11.6 Å². The van der Waals surface area contributed by atoms with Gasteiger partial charge in [0.25, 0.3) is 0 Å². The molecule has 5 nitrogen and oxygen atoms in total. The monoisotopic (exact) mass is 359 g/mol. The predicted octanol–water partition coefficient (Wildman–Crippen LogP) is 4.24. The average molecular weight is 360 g/mol. The zero-order chi connectivity index (χ0) is 17.6. The third-order valence-corrected chi connectivity index (χ3v) is 4.22. The van der Waals surface area contributed by atoms with Crippen molar-refractivity contribution >= 4 is 17.4 Å². The highest BCUT2D eigenvalue weighted by Crippen LogP contribution is 2.32. The van der Waals surface area contributed by atoms with Crippen molar-refractivity contribution in [2.24, 2.45) is 0 Å². The molecule has 1 aliphatic rings. The SMILES string of the molecule is CC#CC(=O)c1c(COC2CCCCO2)noc1-c1ccccc1Cl. The van der Waals surface area contributed by atoms with Crippen LogP contribution in [0.5, 0.6) is 0 Å². The van der Waals surface area contributed by atoms with Crippen molar-refractivity contribution in [3.8, 4) is 23.2 Å². The second-order valence-corrected chi connectivity index (χ2v) is 6.03. The van der Waals surface area contributed by atoms with Gasteiger partial charge in [-0.3, -0.25) is 4.79 Å². The van der Waals surface area contributed by atoms with Gasteiger partial charge in [0.2, 0.25) is 5.78 Å². The van der Waals surface area contributed by atoms with Crippen molar-refractivity contribution in [3.63, 3.8) is 0 Å². The van der Waals surface area contributed by atoms with E-state index in [4.69, 9.17) is 25.6 Å². The minimum absolute atomic E-state index is 0.116. The molecule has 0 radical (unpaired) electrons. The molecule has 0 N–H and O–H groups in total. The van der Waals surface area contributed by atoms with E-state index in [1.54, 1.807) is 25.1 Å². The molecular formula is C19H18ClNO4. The zero-order valence-corrected chi connectivity index (χ0v) is 14.6. The molecule has 0 aliphatic carbocycles. The number of ketones is 1. The lowest BCUT2D eigenvalue weighted by Gasteiger charge is -2.22. The van der Waals surface area contributed by atoms with Crippen LogP contribution < -0.4 is 0 Å². The lowest BCUT2D eigenvalue weighted by Crippen LogP contribution is -2.22. The van der Waals surface area contributed by atoms with Gasteiger partial charge < -0.3 is 14.0 Å². The molecule has 1 atom stereocenters. The Morgan fingerprint density at radius 1 is 1.40 bits per heavy atom. The summed E-state index contributed by atoms with van der Waals surface area (Å²) in [5.41, 5.74) is 1.29. The van der Waals surface area contributed by atoms with Crippen LogP contribution in [0.25, 0.3) is 11.3 Å². The molecule has 2 heterocycles. The van der Waals surface area contributed by atoms with Gasteiger partial charge in [0.05, 0.1) is 11.6 Å². The molecule has 0 amide bonds. The van der Waals surface area contributed by atoms with Crippen molar-refractivity contribution in [1.82, 2.24) is 5.16 Å². The van der Waals surface area contributed by atoms with E-state index < -0.39 is 0 Å². The van der Waals surface area contributed by atoms with Crippen LogP contribution in [0.2, 0.25) is 5.02 Å². The molecule has 0 bridgehead atoms. The number of carbonyl (C=O) groups excluding carboxylic acids is 1. The highest BCUT2D eigenvalue weighted by molar-refractivity contribution is 6.33. The first-order valence-electron chi connectivity index (χ1n) is 8.14. The fraction of sp³-hybridized carbons (Fsp3) is 0.368. The van der Waals surface area contributed by atoms with E-state index in [0.717, 1.165) is 19.3 Å². The molecule has 1 unspecified atom stereocenters. The zero-order valence-electron chi connectivity index (χ0n) is 13.9. The fourth-order valence-electron chi connectivity index (χ4n) is 2.68. The third-order valence-electron chi connectivity index (χ3n) is 3.89. The number of carbonyl (C=O) groups is 1. The van der Waals surface area contributed by atoms with Crippen molar-refractivity contribution < 1.29 is 18.8 Å². The Balaban J connectivity index is 1.91. The van der Waals surface area contributed by atoms with E-state index in [1.165, 1.54) is 0 Å². The summed E-state index contributed by atoms with van der Waals surface area (Å²) in [7, 11) is 0. The van der Waals surface area contributed by atoms with E-state index >= 15 is 0 Å². The number of ether oxygens (including phenoxy) is 2. The van der Waals surface area contributed by atoms with Crippen LogP contribution in [0.4, 0.5) is 0 Å². The molecule has 1 fully saturated rings. The summed E-state index contributed by atoms with van der Waals surface area (Å²) in [6.45, 7) is 2.40.